The monoisotopic (exact) mass is 339 g/mol. The molecule has 0 atom stereocenters. The van der Waals surface area contributed by atoms with Crippen molar-refractivity contribution in [3.63, 3.8) is 0 Å². The van der Waals surface area contributed by atoms with Crippen molar-refractivity contribution in [1.29, 1.82) is 0 Å². The van der Waals surface area contributed by atoms with Crippen LogP contribution < -0.4 is 14.4 Å². The van der Waals surface area contributed by atoms with Crippen LogP contribution in [0.4, 0.5) is 5.69 Å². The second-order valence-corrected chi connectivity index (χ2v) is 7.37. The first-order chi connectivity index (χ1) is 10.5. The Labute approximate surface area is 131 Å². The van der Waals surface area contributed by atoms with Gasteiger partial charge in [0.2, 0.25) is 10.0 Å². The lowest BCUT2D eigenvalue weighted by molar-refractivity contribution is -0.120. The van der Waals surface area contributed by atoms with Crippen LogP contribution >= 0.6 is 11.3 Å². The van der Waals surface area contributed by atoms with Crippen LogP contribution in [0, 0.1) is 0 Å². The standard InChI is InChI=1S/C13H13N3O4S2/c1-16-10-6-9(2-3-11(10)20-8-13(16)17)22(18,19)15-7-12-14-4-5-21-12/h2-6,15H,7-8H2,1H3. The number of ether oxygens (including phenoxy) is 1. The number of benzene rings is 1. The smallest absolute Gasteiger partial charge is 0.264 e. The third-order valence-corrected chi connectivity index (χ3v) is 5.40. The first-order valence-corrected chi connectivity index (χ1v) is 8.75. The zero-order valence-corrected chi connectivity index (χ0v) is 13.3. The van der Waals surface area contributed by atoms with Crippen molar-refractivity contribution >= 4 is 33.0 Å². The number of hydrogen-bond acceptors (Lipinski definition) is 6. The molecule has 1 amide bonds. The molecule has 0 saturated heterocycles. The number of nitrogens with zero attached hydrogens (tertiary/aromatic N) is 2. The molecular formula is C13H13N3O4S2. The fraction of sp³-hybridized carbons (Fsp3) is 0.231. The van der Waals surface area contributed by atoms with Crippen molar-refractivity contribution in [3.8, 4) is 5.75 Å². The summed E-state index contributed by atoms with van der Waals surface area (Å²) in [6.07, 6.45) is 1.62. The lowest BCUT2D eigenvalue weighted by atomic mass is 10.2. The van der Waals surface area contributed by atoms with Crippen molar-refractivity contribution in [3.05, 3.63) is 34.8 Å². The number of fused-ring (bicyclic) bond motifs is 1. The second kappa shape index (κ2) is 5.67. The zero-order chi connectivity index (χ0) is 15.7. The summed E-state index contributed by atoms with van der Waals surface area (Å²) in [6, 6.07) is 4.43. The number of amides is 1. The van der Waals surface area contributed by atoms with E-state index in [-0.39, 0.29) is 24.0 Å². The third kappa shape index (κ3) is 2.82. The molecule has 2 heterocycles. The third-order valence-electron chi connectivity index (χ3n) is 3.22. The number of hydrogen-bond donors (Lipinski definition) is 1. The van der Waals surface area contributed by atoms with Crippen molar-refractivity contribution in [2.24, 2.45) is 0 Å². The van der Waals surface area contributed by atoms with E-state index in [0.717, 1.165) is 0 Å². The summed E-state index contributed by atoms with van der Waals surface area (Å²) in [7, 11) is -2.10. The molecule has 0 spiro atoms. The SMILES string of the molecule is CN1C(=O)COc2ccc(S(=O)(=O)NCc3nccs3)cc21. The average Bonchev–Trinajstić information content (AvgIpc) is 3.02. The molecule has 9 heteroatoms. The molecule has 1 aliphatic heterocycles. The Hall–Kier alpha value is -1.97. The Kier molecular flexibility index (Phi) is 3.85. The first kappa shape index (κ1) is 14.9. The van der Waals surface area contributed by atoms with Gasteiger partial charge in [-0.05, 0) is 18.2 Å². The van der Waals surface area contributed by atoms with Crippen LogP contribution in [0.1, 0.15) is 5.01 Å². The number of likely N-dealkylation sites (N-methyl/N-ethyl adjacent to an activating group) is 1. The molecule has 116 valence electrons. The van der Waals surface area contributed by atoms with E-state index in [1.165, 1.54) is 28.4 Å². The fourth-order valence-corrected chi connectivity index (χ4v) is 3.65. The molecule has 1 N–H and O–H groups in total. The number of sulfonamides is 1. The van der Waals surface area contributed by atoms with Crippen LogP contribution in [0.5, 0.6) is 5.75 Å². The minimum Gasteiger partial charge on any atom is -0.482 e. The van der Waals surface area contributed by atoms with Gasteiger partial charge in [-0.3, -0.25) is 4.79 Å². The van der Waals surface area contributed by atoms with Gasteiger partial charge in [-0.15, -0.1) is 11.3 Å². The maximum atomic E-state index is 12.3. The van der Waals surface area contributed by atoms with Crippen LogP contribution in [0.25, 0.3) is 0 Å². The lowest BCUT2D eigenvalue weighted by Gasteiger charge is -2.26. The van der Waals surface area contributed by atoms with Crippen LogP contribution in [0.15, 0.2) is 34.7 Å². The molecule has 3 rings (SSSR count). The molecule has 1 aliphatic rings. The molecule has 2 aromatic rings. The minimum atomic E-state index is -3.69. The summed E-state index contributed by atoms with van der Waals surface area (Å²) in [5.41, 5.74) is 0.438. The maximum Gasteiger partial charge on any atom is 0.264 e. The lowest BCUT2D eigenvalue weighted by Crippen LogP contribution is -2.35. The molecular weight excluding hydrogens is 326 g/mol. The van der Waals surface area contributed by atoms with Gasteiger partial charge in [0.25, 0.3) is 5.91 Å². The number of rotatable bonds is 4. The molecule has 0 unspecified atom stereocenters. The van der Waals surface area contributed by atoms with Gasteiger partial charge in [0.1, 0.15) is 10.8 Å². The molecule has 0 fully saturated rings. The summed E-state index contributed by atoms with van der Waals surface area (Å²) in [4.78, 5) is 17.1. The normalized spacial score (nSPS) is 14.6. The Balaban J connectivity index is 1.86. The Morgan fingerprint density at radius 3 is 3.00 bits per heavy atom. The first-order valence-electron chi connectivity index (χ1n) is 6.39. The van der Waals surface area contributed by atoms with Gasteiger partial charge >= 0.3 is 0 Å². The highest BCUT2D eigenvalue weighted by molar-refractivity contribution is 7.89. The quantitative estimate of drug-likeness (QED) is 0.897. The van der Waals surface area contributed by atoms with Crippen molar-refractivity contribution in [1.82, 2.24) is 9.71 Å². The molecule has 0 saturated carbocycles. The Morgan fingerprint density at radius 1 is 1.45 bits per heavy atom. The van der Waals surface area contributed by atoms with Crippen LogP contribution in [-0.4, -0.2) is 33.0 Å². The van der Waals surface area contributed by atoms with Gasteiger partial charge in [0.05, 0.1) is 17.1 Å². The molecule has 0 bridgehead atoms. The Morgan fingerprint density at radius 2 is 2.27 bits per heavy atom. The van der Waals surface area contributed by atoms with Crippen LogP contribution in [0.3, 0.4) is 0 Å². The van der Waals surface area contributed by atoms with E-state index in [2.05, 4.69) is 9.71 Å². The topological polar surface area (TPSA) is 88.6 Å². The van der Waals surface area contributed by atoms with Crippen LogP contribution in [-0.2, 0) is 21.4 Å². The summed E-state index contributed by atoms with van der Waals surface area (Å²) < 4.78 is 32.4. The summed E-state index contributed by atoms with van der Waals surface area (Å²) in [5, 5.41) is 2.46. The molecule has 22 heavy (non-hydrogen) atoms. The number of thiazole rings is 1. The van der Waals surface area contributed by atoms with E-state index >= 15 is 0 Å². The summed E-state index contributed by atoms with van der Waals surface area (Å²) >= 11 is 1.37. The highest BCUT2D eigenvalue weighted by Gasteiger charge is 2.25. The van der Waals surface area contributed by atoms with Gasteiger partial charge < -0.3 is 9.64 Å². The highest BCUT2D eigenvalue weighted by atomic mass is 32.2. The van der Waals surface area contributed by atoms with Gasteiger partial charge in [0, 0.05) is 18.6 Å². The average molecular weight is 339 g/mol. The number of carbonyl (C=O) groups is 1. The number of aromatic nitrogens is 1. The maximum absolute atomic E-state index is 12.3. The molecule has 7 nitrogen and oxygen atoms in total. The van der Waals surface area contributed by atoms with Crippen molar-refractivity contribution in [2.75, 3.05) is 18.6 Å². The zero-order valence-electron chi connectivity index (χ0n) is 11.6. The second-order valence-electron chi connectivity index (χ2n) is 4.62. The Bertz CT molecular complexity index is 803. The van der Waals surface area contributed by atoms with E-state index in [0.29, 0.717) is 16.4 Å². The largest absolute Gasteiger partial charge is 0.482 e. The molecule has 1 aromatic carbocycles. The number of anilines is 1. The van der Waals surface area contributed by atoms with E-state index < -0.39 is 10.0 Å². The van der Waals surface area contributed by atoms with Crippen LogP contribution in [0.2, 0.25) is 0 Å². The fourth-order valence-electron chi connectivity index (χ4n) is 2.00. The van der Waals surface area contributed by atoms with Gasteiger partial charge in [-0.2, -0.15) is 0 Å². The predicted octanol–water partition coefficient (Wildman–Crippen LogP) is 0.977. The highest BCUT2D eigenvalue weighted by Crippen LogP contribution is 2.33. The van der Waals surface area contributed by atoms with E-state index in [4.69, 9.17) is 4.74 Å². The molecule has 0 radical (unpaired) electrons. The van der Waals surface area contributed by atoms with Gasteiger partial charge in [-0.1, -0.05) is 0 Å². The predicted molar refractivity (Wildman–Crippen MR) is 81.5 cm³/mol. The minimum absolute atomic E-state index is 0.0438. The van der Waals surface area contributed by atoms with Gasteiger partial charge in [-0.25, -0.2) is 18.1 Å². The summed E-state index contributed by atoms with van der Waals surface area (Å²) in [5.74, 6) is 0.263. The number of nitrogens with one attached hydrogen (secondary N) is 1. The molecule has 0 aliphatic carbocycles. The van der Waals surface area contributed by atoms with Gasteiger partial charge in [0.15, 0.2) is 6.61 Å². The van der Waals surface area contributed by atoms with E-state index in [9.17, 15) is 13.2 Å². The van der Waals surface area contributed by atoms with E-state index in [1.807, 2.05) is 0 Å². The van der Waals surface area contributed by atoms with E-state index in [1.54, 1.807) is 24.7 Å². The number of carbonyl (C=O) groups excluding carboxylic acids is 1. The summed E-state index contributed by atoms with van der Waals surface area (Å²) in [6.45, 7) is 0.0836. The van der Waals surface area contributed by atoms with Crippen molar-refractivity contribution in [2.45, 2.75) is 11.4 Å². The van der Waals surface area contributed by atoms with Crippen molar-refractivity contribution < 1.29 is 17.9 Å². The molecule has 1 aromatic heterocycles.